The Labute approximate surface area is 186 Å². The number of nitrogens with one attached hydrogen (secondary N) is 1. The lowest BCUT2D eigenvalue weighted by molar-refractivity contribution is -0.123. The smallest absolute Gasteiger partial charge is 0.318 e. The fourth-order valence-electron chi connectivity index (χ4n) is 3.98. The second-order valence-corrected chi connectivity index (χ2v) is 8.09. The normalized spacial score (nSPS) is 15.1. The zero-order chi connectivity index (χ0) is 22.1. The molecule has 0 unspecified atom stereocenters. The standard InChI is InChI=1S/C25H24ClN3O2/c1-4-19-7-5-6-8-23(19)29-16(2)13-20(17(29)3)14-22-24(30)28(25(31)27-22)15-18-9-11-21(26)12-10-18/h5-14H,4,15H2,1-3H3,(H,27,31)/b22-14-. The average molecular weight is 434 g/mol. The van der Waals surface area contributed by atoms with Gasteiger partial charge in [0.25, 0.3) is 5.91 Å². The Morgan fingerprint density at radius 1 is 1.03 bits per heavy atom. The molecule has 0 atom stereocenters. The maximum atomic E-state index is 12.9. The monoisotopic (exact) mass is 433 g/mol. The number of carbonyl (C=O) groups is 2. The molecule has 0 radical (unpaired) electrons. The number of amides is 3. The van der Waals surface area contributed by atoms with Gasteiger partial charge < -0.3 is 9.88 Å². The molecule has 0 aliphatic carbocycles. The number of rotatable bonds is 5. The van der Waals surface area contributed by atoms with Crippen molar-refractivity contribution in [2.75, 3.05) is 0 Å². The summed E-state index contributed by atoms with van der Waals surface area (Å²) in [6, 6.07) is 17.0. The van der Waals surface area contributed by atoms with E-state index in [2.05, 4.69) is 28.9 Å². The predicted molar refractivity (Wildman–Crippen MR) is 123 cm³/mol. The number of hydrogen-bond acceptors (Lipinski definition) is 2. The van der Waals surface area contributed by atoms with Crippen molar-refractivity contribution in [2.24, 2.45) is 0 Å². The lowest BCUT2D eigenvalue weighted by Crippen LogP contribution is -2.30. The molecule has 1 aliphatic rings. The van der Waals surface area contributed by atoms with Crippen LogP contribution in [-0.4, -0.2) is 21.4 Å². The molecule has 1 saturated heterocycles. The van der Waals surface area contributed by atoms with Gasteiger partial charge in [-0.3, -0.25) is 9.69 Å². The van der Waals surface area contributed by atoms with E-state index in [1.54, 1.807) is 18.2 Å². The molecule has 0 saturated carbocycles. The molecule has 1 fully saturated rings. The van der Waals surface area contributed by atoms with E-state index in [1.165, 1.54) is 10.5 Å². The predicted octanol–water partition coefficient (Wildman–Crippen LogP) is 5.40. The topological polar surface area (TPSA) is 54.3 Å². The van der Waals surface area contributed by atoms with Crippen molar-refractivity contribution in [3.63, 3.8) is 0 Å². The van der Waals surface area contributed by atoms with Gasteiger partial charge in [0.05, 0.1) is 6.54 Å². The van der Waals surface area contributed by atoms with Gasteiger partial charge in [-0.05, 0) is 67.3 Å². The Kier molecular flexibility index (Phi) is 5.70. The van der Waals surface area contributed by atoms with E-state index in [1.807, 2.05) is 44.2 Å². The number of hydrogen-bond donors (Lipinski definition) is 1. The van der Waals surface area contributed by atoms with Crippen molar-refractivity contribution in [1.29, 1.82) is 0 Å². The van der Waals surface area contributed by atoms with Crippen LogP contribution in [0.25, 0.3) is 11.8 Å². The molecule has 5 nitrogen and oxygen atoms in total. The Balaban J connectivity index is 1.64. The number of benzene rings is 2. The fourth-order valence-corrected chi connectivity index (χ4v) is 4.10. The first-order valence-electron chi connectivity index (χ1n) is 10.2. The summed E-state index contributed by atoms with van der Waals surface area (Å²) in [5, 5.41) is 3.33. The van der Waals surface area contributed by atoms with Gasteiger partial charge >= 0.3 is 6.03 Å². The zero-order valence-electron chi connectivity index (χ0n) is 17.8. The first-order chi connectivity index (χ1) is 14.9. The SMILES string of the molecule is CCc1ccccc1-n1c(C)cc(/C=C2\NC(=O)N(Cc3ccc(Cl)cc3)C2=O)c1C. The molecular formula is C25H24ClN3O2. The minimum absolute atomic E-state index is 0.197. The highest BCUT2D eigenvalue weighted by Gasteiger charge is 2.33. The van der Waals surface area contributed by atoms with Gasteiger partial charge in [0, 0.05) is 22.1 Å². The number of nitrogens with zero attached hydrogens (tertiary/aromatic N) is 2. The van der Waals surface area contributed by atoms with Gasteiger partial charge in [-0.1, -0.05) is 48.9 Å². The molecular weight excluding hydrogens is 410 g/mol. The average Bonchev–Trinajstić information content (AvgIpc) is 3.18. The van der Waals surface area contributed by atoms with Crippen LogP contribution in [0.1, 0.15) is 35.0 Å². The molecule has 31 heavy (non-hydrogen) atoms. The van der Waals surface area contributed by atoms with E-state index in [4.69, 9.17) is 11.6 Å². The number of halogens is 1. The number of aromatic nitrogens is 1. The first-order valence-corrected chi connectivity index (χ1v) is 10.6. The molecule has 0 bridgehead atoms. The van der Waals surface area contributed by atoms with Crippen LogP contribution in [0.15, 0.2) is 60.3 Å². The zero-order valence-corrected chi connectivity index (χ0v) is 18.5. The van der Waals surface area contributed by atoms with E-state index < -0.39 is 6.03 Å². The van der Waals surface area contributed by atoms with Crippen LogP contribution in [0.3, 0.4) is 0 Å². The highest BCUT2D eigenvalue weighted by molar-refractivity contribution is 6.30. The van der Waals surface area contributed by atoms with Gasteiger partial charge in [0.15, 0.2) is 0 Å². The van der Waals surface area contributed by atoms with Gasteiger partial charge in [0.2, 0.25) is 0 Å². The summed E-state index contributed by atoms with van der Waals surface area (Å²) in [5.41, 5.74) is 6.50. The maximum Gasteiger partial charge on any atom is 0.329 e. The quantitative estimate of drug-likeness (QED) is 0.432. The van der Waals surface area contributed by atoms with E-state index in [-0.39, 0.29) is 18.1 Å². The molecule has 6 heteroatoms. The maximum absolute atomic E-state index is 12.9. The van der Waals surface area contributed by atoms with Gasteiger partial charge in [-0.15, -0.1) is 0 Å². The first kappa shape index (κ1) is 20.9. The minimum atomic E-state index is -0.420. The van der Waals surface area contributed by atoms with Crippen molar-refractivity contribution in [1.82, 2.24) is 14.8 Å². The second-order valence-electron chi connectivity index (χ2n) is 7.65. The summed E-state index contributed by atoms with van der Waals surface area (Å²) in [7, 11) is 0. The van der Waals surface area contributed by atoms with E-state index in [0.29, 0.717) is 5.02 Å². The number of carbonyl (C=O) groups excluding carboxylic acids is 2. The second kappa shape index (κ2) is 8.44. The van der Waals surface area contributed by atoms with Crippen molar-refractivity contribution in [3.05, 3.63) is 93.4 Å². The molecule has 3 amide bonds. The minimum Gasteiger partial charge on any atom is -0.318 e. The number of imide groups is 1. The van der Waals surface area contributed by atoms with Crippen LogP contribution in [0.5, 0.6) is 0 Å². The molecule has 0 spiro atoms. The summed E-state index contributed by atoms with van der Waals surface area (Å²) < 4.78 is 2.19. The third-order valence-electron chi connectivity index (χ3n) is 5.60. The largest absolute Gasteiger partial charge is 0.329 e. The van der Waals surface area contributed by atoms with E-state index in [0.717, 1.165) is 34.6 Å². The third kappa shape index (κ3) is 4.01. The summed E-state index contributed by atoms with van der Waals surface area (Å²) in [6.45, 7) is 6.40. The van der Waals surface area contributed by atoms with Crippen molar-refractivity contribution in [2.45, 2.75) is 33.7 Å². The molecule has 1 aromatic heterocycles. The molecule has 1 aliphatic heterocycles. The molecule has 4 rings (SSSR count). The van der Waals surface area contributed by atoms with Crippen molar-refractivity contribution < 1.29 is 9.59 Å². The van der Waals surface area contributed by atoms with Crippen molar-refractivity contribution >= 4 is 29.6 Å². The van der Waals surface area contributed by atoms with Crippen molar-refractivity contribution in [3.8, 4) is 5.69 Å². The Morgan fingerprint density at radius 3 is 2.45 bits per heavy atom. The lowest BCUT2D eigenvalue weighted by atomic mass is 10.1. The number of aryl methyl sites for hydroxylation is 2. The highest BCUT2D eigenvalue weighted by Crippen LogP contribution is 2.26. The molecule has 2 aromatic carbocycles. The van der Waals surface area contributed by atoms with Crippen LogP contribution in [0.2, 0.25) is 5.02 Å². The Hall–Kier alpha value is -3.31. The number of para-hydroxylation sites is 1. The van der Waals surface area contributed by atoms with Crippen LogP contribution in [0.4, 0.5) is 4.79 Å². The summed E-state index contributed by atoms with van der Waals surface area (Å²) in [6.07, 6.45) is 2.69. The summed E-state index contributed by atoms with van der Waals surface area (Å²) in [4.78, 5) is 26.6. The number of urea groups is 1. The van der Waals surface area contributed by atoms with Crippen LogP contribution >= 0.6 is 11.6 Å². The summed E-state index contributed by atoms with van der Waals surface area (Å²) >= 11 is 5.92. The third-order valence-corrected chi connectivity index (χ3v) is 5.85. The Morgan fingerprint density at radius 2 is 1.74 bits per heavy atom. The molecule has 158 valence electrons. The summed E-state index contributed by atoms with van der Waals surface area (Å²) in [5.74, 6) is -0.335. The molecule has 3 aromatic rings. The lowest BCUT2D eigenvalue weighted by Gasteiger charge is -2.14. The van der Waals surface area contributed by atoms with Crippen LogP contribution in [-0.2, 0) is 17.8 Å². The molecule has 1 N–H and O–H groups in total. The highest BCUT2D eigenvalue weighted by atomic mass is 35.5. The molecule has 2 heterocycles. The Bertz CT molecular complexity index is 1190. The van der Waals surface area contributed by atoms with Crippen LogP contribution < -0.4 is 5.32 Å². The van der Waals surface area contributed by atoms with E-state index >= 15 is 0 Å². The van der Waals surface area contributed by atoms with Gasteiger partial charge in [-0.2, -0.15) is 0 Å². The van der Waals surface area contributed by atoms with Crippen LogP contribution in [0, 0.1) is 13.8 Å². The fraction of sp³-hybridized carbons (Fsp3) is 0.200. The van der Waals surface area contributed by atoms with E-state index in [9.17, 15) is 9.59 Å². The van der Waals surface area contributed by atoms with Gasteiger partial charge in [0.1, 0.15) is 5.70 Å². The van der Waals surface area contributed by atoms with Gasteiger partial charge in [-0.25, -0.2) is 4.79 Å².